The fourth-order valence-electron chi connectivity index (χ4n) is 7.51. The predicted octanol–water partition coefficient (Wildman–Crippen LogP) is 12.3. The third kappa shape index (κ3) is 2.96. The van der Waals surface area contributed by atoms with Gasteiger partial charge in [-0.05, 0) is 106 Å². The lowest BCUT2D eigenvalue weighted by molar-refractivity contribution is 1.52. The second kappa shape index (κ2) is 8.06. The van der Waals surface area contributed by atoms with Crippen LogP contribution in [0.5, 0.6) is 0 Å². The van der Waals surface area contributed by atoms with Crippen molar-refractivity contribution in [3.63, 3.8) is 0 Å². The van der Waals surface area contributed by atoms with Crippen LogP contribution in [0.25, 0.3) is 96.3 Å². The minimum atomic E-state index is 1.29. The van der Waals surface area contributed by atoms with Gasteiger partial charge in [-0.2, -0.15) is 0 Å². The molecule has 0 aliphatic heterocycles. The lowest BCUT2D eigenvalue weighted by Gasteiger charge is -2.16. The topological polar surface area (TPSA) is 0 Å². The molecule has 1 aromatic heterocycles. The third-order valence-electron chi connectivity index (χ3n) is 9.37. The molecule has 10 aromatic rings. The lowest BCUT2D eigenvalue weighted by Crippen LogP contribution is -1.89. The summed E-state index contributed by atoms with van der Waals surface area (Å²) in [5.41, 5.74) is 5.25. The van der Waals surface area contributed by atoms with Crippen molar-refractivity contribution in [1.82, 2.24) is 0 Å². The van der Waals surface area contributed by atoms with Gasteiger partial charge in [0.05, 0.1) is 0 Å². The first-order chi connectivity index (χ1) is 20.7. The Labute approximate surface area is 246 Å². The molecule has 1 heterocycles. The molecule has 0 bridgehead atoms. The fourth-order valence-corrected chi connectivity index (χ4v) is 8.82. The number of benzene rings is 9. The van der Waals surface area contributed by atoms with Crippen LogP contribution in [0.4, 0.5) is 0 Å². The summed E-state index contributed by atoms with van der Waals surface area (Å²) in [7, 11) is 0. The van der Waals surface area contributed by atoms with Crippen LogP contribution < -0.4 is 0 Å². The van der Waals surface area contributed by atoms with E-state index in [9.17, 15) is 0 Å². The molecule has 0 saturated heterocycles. The molecule has 0 aliphatic carbocycles. The molecule has 9 aromatic carbocycles. The number of rotatable bonds is 2. The van der Waals surface area contributed by atoms with E-state index in [0.29, 0.717) is 0 Å². The van der Waals surface area contributed by atoms with E-state index in [4.69, 9.17) is 0 Å². The Balaban J connectivity index is 1.33. The summed E-state index contributed by atoms with van der Waals surface area (Å²) in [5, 5.41) is 17.3. The molecule has 194 valence electrons. The highest BCUT2D eigenvalue weighted by atomic mass is 32.1. The van der Waals surface area contributed by atoms with E-state index in [1.54, 1.807) is 0 Å². The molecule has 0 unspecified atom stereocenters. The molecule has 42 heavy (non-hydrogen) atoms. The summed E-state index contributed by atoms with van der Waals surface area (Å²) in [4.78, 5) is 1.34. The lowest BCUT2D eigenvalue weighted by atomic mass is 9.87. The molecule has 1 heteroatoms. The maximum atomic E-state index is 2.42. The van der Waals surface area contributed by atoms with E-state index in [1.807, 2.05) is 11.3 Å². The van der Waals surface area contributed by atoms with E-state index < -0.39 is 0 Å². The van der Waals surface area contributed by atoms with Crippen LogP contribution in [-0.2, 0) is 0 Å². The highest BCUT2D eigenvalue weighted by Gasteiger charge is 2.21. The first-order valence-electron chi connectivity index (χ1n) is 14.6. The van der Waals surface area contributed by atoms with Crippen LogP contribution in [0, 0.1) is 6.92 Å². The summed E-state index contributed by atoms with van der Waals surface area (Å²) >= 11 is 1.93. The third-order valence-corrected chi connectivity index (χ3v) is 10.6. The van der Waals surface area contributed by atoms with E-state index >= 15 is 0 Å². The maximum Gasteiger partial charge on any atom is 0.0434 e. The molecule has 0 nitrogen and oxygen atoms in total. The smallest absolute Gasteiger partial charge is 0.0434 e. The summed E-state index contributed by atoms with van der Waals surface area (Å²) < 4.78 is 1.34. The largest absolute Gasteiger partial charge is 0.135 e. The van der Waals surface area contributed by atoms with Gasteiger partial charge in [0.2, 0.25) is 0 Å². The van der Waals surface area contributed by atoms with E-state index in [0.717, 1.165) is 0 Å². The van der Waals surface area contributed by atoms with Crippen molar-refractivity contribution >= 4 is 86.1 Å². The number of fused-ring (bicyclic) bond motifs is 1. The quantitative estimate of drug-likeness (QED) is 0.188. The second-order valence-electron chi connectivity index (χ2n) is 11.8. The molecule has 10 rings (SSSR count). The van der Waals surface area contributed by atoms with Gasteiger partial charge in [-0.3, -0.25) is 0 Å². The number of aryl methyl sites for hydroxylation is 1. The normalized spacial score (nSPS) is 12.4. The van der Waals surface area contributed by atoms with Gasteiger partial charge in [-0.25, -0.2) is 0 Å². The minimum absolute atomic E-state index is 1.29. The SMILES string of the molecule is Cc1ccc2c(-c3ccc4ccc5cccc6ccc3c4c56)c(-c3cc4ccc5cccc6ccc(c3)c4c56)sc2c1. The highest BCUT2D eigenvalue weighted by Crippen LogP contribution is 2.50. The monoisotopic (exact) mass is 548 g/mol. The van der Waals surface area contributed by atoms with Crippen molar-refractivity contribution in [2.24, 2.45) is 0 Å². The van der Waals surface area contributed by atoms with Gasteiger partial charge in [0.25, 0.3) is 0 Å². The Morgan fingerprint density at radius 1 is 0.429 bits per heavy atom. The van der Waals surface area contributed by atoms with Gasteiger partial charge >= 0.3 is 0 Å². The molecule has 0 N–H and O–H groups in total. The number of hydrogen-bond acceptors (Lipinski definition) is 1. The molecule has 0 fully saturated rings. The molecule has 0 atom stereocenters. The average molecular weight is 549 g/mol. The van der Waals surface area contributed by atoms with Crippen LogP contribution in [0.15, 0.2) is 127 Å². The van der Waals surface area contributed by atoms with Crippen LogP contribution in [-0.4, -0.2) is 0 Å². The van der Waals surface area contributed by atoms with Crippen LogP contribution in [0.3, 0.4) is 0 Å². The molecular formula is C41H24S. The van der Waals surface area contributed by atoms with Crippen molar-refractivity contribution in [2.75, 3.05) is 0 Å². The van der Waals surface area contributed by atoms with Gasteiger partial charge in [-0.1, -0.05) is 109 Å². The standard InChI is InChI=1S/C41H24S/c1-23-8-17-34-35(20-23)42-41(31-21-29-13-11-24-4-2-5-25-12-14-30(22-31)38(29)36(24)25)40(34)33-19-16-28-10-9-26-6-3-7-27-15-18-32(33)39(28)37(26)27/h2-22H,1H3. The maximum absolute atomic E-state index is 2.42. The number of thiophene rings is 1. The predicted molar refractivity (Wildman–Crippen MR) is 185 cm³/mol. The highest BCUT2D eigenvalue weighted by molar-refractivity contribution is 7.23. The Morgan fingerprint density at radius 2 is 0.929 bits per heavy atom. The van der Waals surface area contributed by atoms with Gasteiger partial charge in [0.15, 0.2) is 0 Å². The Kier molecular flexibility index (Phi) is 4.35. The summed E-state index contributed by atoms with van der Waals surface area (Å²) in [6.07, 6.45) is 0. The zero-order valence-electron chi connectivity index (χ0n) is 23.0. The van der Waals surface area contributed by atoms with Crippen molar-refractivity contribution in [3.05, 3.63) is 133 Å². The van der Waals surface area contributed by atoms with Crippen LogP contribution >= 0.6 is 11.3 Å². The second-order valence-corrected chi connectivity index (χ2v) is 12.8. The summed E-state index contributed by atoms with van der Waals surface area (Å²) in [6, 6.07) is 48.1. The Bertz CT molecular complexity index is 2610. The van der Waals surface area contributed by atoms with E-state index in [-0.39, 0.29) is 0 Å². The fraction of sp³-hybridized carbons (Fsp3) is 0.0244. The molecule has 0 radical (unpaired) electrons. The zero-order valence-corrected chi connectivity index (χ0v) is 23.8. The minimum Gasteiger partial charge on any atom is -0.135 e. The van der Waals surface area contributed by atoms with Crippen molar-refractivity contribution in [2.45, 2.75) is 6.92 Å². The van der Waals surface area contributed by atoms with Gasteiger partial charge in [-0.15, -0.1) is 11.3 Å². The molecule has 0 saturated carbocycles. The first-order valence-corrected chi connectivity index (χ1v) is 15.4. The molecular weight excluding hydrogens is 525 g/mol. The van der Waals surface area contributed by atoms with Crippen molar-refractivity contribution in [1.29, 1.82) is 0 Å². The van der Waals surface area contributed by atoms with Gasteiger partial charge in [0, 0.05) is 20.5 Å². The Morgan fingerprint density at radius 3 is 1.60 bits per heavy atom. The Hall–Kier alpha value is -4.98. The van der Waals surface area contributed by atoms with Gasteiger partial charge in [0.1, 0.15) is 0 Å². The van der Waals surface area contributed by atoms with Gasteiger partial charge < -0.3 is 0 Å². The zero-order chi connectivity index (χ0) is 27.5. The van der Waals surface area contributed by atoms with Crippen LogP contribution in [0.1, 0.15) is 5.56 Å². The number of hydrogen-bond donors (Lipinski definition) is 0. The van der Waals surface area contributed by atoms with E-state index in [2.05, 4.69) is 134 Å². The summed E-state index contributed by atoms with van der Waals surface area (Å²) in [6.45, 7) is 2.20. The van der Waals surface area contributed by atoms with Crippen LogP contribution in [0.2, 0.25) is 0 Å². The molecule has 0 aliphatic rings. The average Bonchev–Trinajstić information content (AvgIpc) is 3.40. The van der Waals surface area contributed by atoms with E-state index in [1.165, 1.54) is 102 Å². The summed E-state index contributed by atoms with van der Waals surface area (Å²) in [5.74, 6) is 0. The molecule has 0 spiro atoms. The first kappa shape index (κ1) is 22.7. The van der Waals surface area contributed by atoms with Crippen molar-refractivity contribution in [3.8, 4) is 21.6 Å². The molecule has 0 amide bonds. The van der Waals surface area contributed by atoms with Crippen molar-refractivity contribution < 1.29 is 0 Å².